The van der Waals surface area contributed by atoms with Gasteiger partial charge in [0, 0.05) is 12.5 Å². The molecule has 1 amide bonds. The van der Waals surface area contributed by atoms with Crippen molar-refractivity contribution in [3.63, 3.8) is 0 Å². The summed E-state index contributed by atoms with van der Waals surface area (Å²) < 4.78 is 24.1. The summed E-state index contributed by atoms with van der Waals surface area (Å²) in [6.45, 7) is 3.73. The van der Waals surface area contributed by atoms with Gasteiger partial charge in [0.1, 0.15) is 11.9 Å². The molecule has 1 heterocycles. The predicted molar refractivity (Wildman–Crippen MR) is 82.8 cm³/mol. The molecule has 2 N–H and O–H groups in total. The van der Waals surface area contributed by atoms with Gasteiger partial charge in [0.25, 0.3) is 5.91 Å². The molecule has 2 rings (SSSR count). The van der Waals surface area contributed by atoms with Crippen LogP contribution in [0, 0.1) is 5.82 Å². The average Bonchev–Trinajstić information content (AvgIpc) is 3.03. The topological polar surface area (TPSA) is 71.7 Å². The van der Waals surface area contributed by atoms with Gasteiger partial charge < -0.3 is 19.6 Å². The van der Waals surface area contributed by atoms with Gasteiger partial charge in [-0.3, -0.25) is 4.79 Å². The fourth-order valence-corrected chi connectivity index (χ4v) is 2.27. The Labute approximate surface area is 134 Å². The summed E-state index contributed by atoms with van der Waals surface area (Å²) in [6.07, 6.45) is 0.931. The van der Waals surface area contributed by atoms with E-state index in [2.05, 4.69) is 5.32 Å². The van der Waals surface area contributed by atoms with Crippen molar-refractivity contribution < 1.29 is 23.4 Å². The van der Waals surface area contributed by atoms with Crippen LogP contribution < -0.4 is 10.1 Å². The maximum atomic E-state index is 13.8. The van der Waals surface area contributed by atoms with Crippen molar-refractivity contribution in [2.24, 2.45) is 0 Å². The van der Waals surface area contributed by atoms with Crippen LogP contribution in [0.5, 0.6) is 5.75 Å². The van der Waals surface area contributed by atoms with Crippen molar-refractivity contribution in [3.05, 3.63) is 53.7 Å². The number of aliphatic hydroxyl groups excluding tert-OH is 1. The van der Waals surface area contributed by atoms with Crippen molar-refractivity contribution in [2.45, 2.75) is 32.4 Å². The molecular weight excluding hydrogens is 301 g/mol. The van der Waals surface area contributed by atoms with Crippen LogP contribution in [0.2, 0.25) is 0 Å². The van der Waals surface area contributed by atoms with E-state index in [-0.39, 0.29) is 30.4 Å². The largest absolute Gasteiger partial charge is 0.490 e. The molecule has 0 aliphatic carbocycles. The Morgan fingerprint density at radius 1 is 1.39 bits per heavy atom. The molecule has 0 aliphatic heterocycles. The van der Waals surface area contributed by atoms with E-state index in [4.69, 9.17) is 9.15 Å². The molecule has 6 heteroatoms. The highest BCUT2D eigenvalue weighted by molar-refractivity contribution is 5.97. The third-order valence-corrected chi connectivity index (χ3v) is 3.33. The van der Waals surface area contributed by atoms with Gasteiger partial charge >= 0.3 is 0 Å². The minimum Gasteiger partial charge on any atom is -0.490 e. The molecule has 124 valence electrons. The Bertz CT molecular complexity index is 642. The number of carbonyl (C=O) groups is 1. The summed E-state index contributed by atoms with van der Waals surface area (Å²) in [5.74, 6) is -0.659. The first kappa shape index (κ1) is 17.0. The molecule has 2 atom stereocenters. The van der Waals surface area contributed by atoms with E-state index in [9.17, 15) is 14.3 Å². The number of amides is 1. The number of carbonyl (C=O) groups excluding carboxylic acids is 1. The van der Waals surface area contributed by atoms with Gasteiger partial charge in [-0.2, -0.15) is 0 Å². The summed E-state index contributed by atoms with van der Waals surface area (Å²) in [6, 6.07) is 7.21. The fraction of sp³-hybridized carbons (Fsp3) is 0.353. The molecule has 1 aromatic heterocycles. The number of hydrogen-bond acceptors (Lipinski definition) is 4. The fourth-order valence-electron chi connectivity index (χ4n) is 2.27. The Morgan fingerprint density at radius 3 is 2.83 bits per heavy atom. The zero-order valence-electron chi connectivity index (χ0n) is 13.1. The highest BCUT2D eigenvalue weighted by Crippen LogP contribution is 2.23. The van der Waals surface area contributed by atoms with Crippen molar-refractivity contribution in [2.75, 3.05) is 6.61 Å². The van der Waals surface area contributed by atoms with Crippen molar-refractivity contribution in [1.82, 2.24) is 5.32 Å². The number of nitrogens with one attached hydrogen (secondary N) is 1. The van der Waals surface area contributed by atoms with E-state index >= 15 is 0 Å². The van der Waals surface area contributed by atoms with E-state index < -0.39 is 17.8 Å². The second-order valence-electron chi connectivity index (χ2n) is 5.19. The molecule has 0 fully saturated rings. The maximum absolute atomic E-state index is 13.8. The summed E-state index contributed by atoms with van der Waals surface area (Å²) in [5, 5.41) is 12.7. The first-order valence-corrected chi connectivity index (χ1v) is 7.46. The summed E-state index contributed by atoms with van der Waals surface area (Å²) >= 11 is 0. The summed E-state index contributed by atoms with van der Waals surface area (Å²) in [7, 11) is 0. The van der Waals surface area contributed by atoms with Crippen LogP contribution in [0.1, 0.15) is 42.5 Å². The van der Waals surface area contributed by atoms with Crippen LogP contribution in [0.4, 0.5) is 4.39 Å². The van der Waals surface area contributed by atoms with Gasteiger partial charge in [-0.25, -0.2) is 4.39 Å². The lowest BCUT2D eigenvalue weighted by Gasteiger charge is -2.18. The molecule has 1 aromatic carbocycles. The molecule has 0 bridgehead atoms. The van der Waals surface area contributed by atoms with Crippen LogP contribution in [0.3, 0.4) is 0 Å². The molecule has 0 saturated heterocycles. The Hall–Kier alpha value is -2.34. The van der Waals surface area contributed by atoms with Gasteiger partial charge in [-0.15, -0.1) is 0 Å². The molecule has 0 aliphatic rings. The second-order valence-corrected chi connectivity index (χ2v) is 5.19. The lowest BCUT2D eigenvalue weighted by Crippen LogP contribution is -2.34. The third kappa shape index (κ3) is 4.32. The number of hydrogen-bond donors (Lipinski definition) is 2. The van der Waals surface area contributed by atoms with Gasteiger partial charge in [-0.05, 0) is 38.1 Å². The number of para-hydroxylation sites is 1. The Balaban J connectivity index is 2.02. The minimum absolute atomic E-state index is 0.0636. The lowest BCUT2D eigenvalue weighted by atomic mass is 10.1. The van der Waals surface area contributed by atoms with Crippen molar-refractivity contribution in [3.8, 4) is 5.75 Å². The minimum atomic E-state index is -0.820. The molecular formula is C17H20FNO4. The molecule has 23 heavy (non-hydrogen) atoms. The second kappa shape index (κ2) is 7.78. The highest BCUT2D eigenvalue weighted by Gasteiger charge is 2.20. The zero-order valence-corrected chi connectivity index (χ0v) is 13.1. The Kier molecular flexibility index (Phi) is 5.76. The molecule has 2 unspecified atom stereocenters. The van der Waals surface area contributed by atoms with E-state index in [0.717, 1.165) is 0 Å². The van der Waals surface area contributed by atoms with Gasteiger partial charge in [0.2, 0.25) is 0 Å². The number of halogens is 1. The molecule has 5 nitrogen and oxygen atoms in total. The van der Waals surface area contributed by atoms with E-state index in [1.807, 2.05) is 0 Å². The van der Waals surface area contributed by atoms with E-state index in [1.54, 1.807) is 26.0 Å². The van der Waals surface area contributed by atoms with Crippen molar-refractivity contribution in [1.29, 1.82) is 0 Å². The quantitative estimate of drug-likeness (QED) is 0.822. The van der Waals surface area contributed by atoms with E-state index in [1.165, 1.54) is 24.5 Å². The van der Waals surface area contributed by atoms with E-state index in [0.29, 0.717) is 5.76 Å². The first-order valence-electron chi connectivity index (χ1n) is 7.46. The molecule has 0 radical (unpaired) electrons. The Morgan fingerprint density at radius 2 is 2.17 bits per heavy atom. The van der Waals surface area contributed by atoms with Crippen LogP contribution in [0.25, 0.3) is 0 Å². The number of furan rings is 1. The standard InChI is InChI=1S/C17H20FNO4/c1-3-22-16-12(6-4-7-13(16)18)17(21)19-11(2)10-14(20)15-8-5-9-23-15/h4-9,11,14,20H,3,10H2,1-2H3,(H,19,21). The summed E-state index contributed by atoms with van der Waals surface area (Å²) in [4.78, 5) is 12.3. The van der Waals surface area contributed by atoms with Gasteiger partial charge in [0.15, 0.2) is 11.6 Å². The van der Waals surface area contributed by atoms with Crippen molar-refractivity contribution >= 4 is 5.91 Å². The zero-order chi connectivity index (χ0) is 16.8. The predicted octanol–water partition coefficient (Wildman–Crippen LogP) is 3.06. The lowest BCUT2D eigenvalue weighted by molar-refractivity contribution is 0.0898. The highest BCUT2D eigenvalue weighted by atomic mass is 19.1. The monoisotopic (exact) mass is 321 g/mol. The summed E-state index contributed by atoms with van der Waals surface area (Å²) in [5.41, 5.74) is 0.131. The maximum Gasteiger partial charge on any atom is 0.255 e. The van der Waals surface area contributed by atoms with Gasteiger partial charge in [-0.1, -0.05) is 6.07 Å². The number of benzene rings is 1. The molecule has 0 spiro atoms. The van der Waals surface area contributed by atoms with Crippen LogP contribution in [0.15, 0.2) is 41.0 Å². The molecule has 0 saturated carbocycles. The number of rotatable bonds is 7. The first-order chi connectivity index (χ1) is 11.0. The SMILES string of the molecule is CCOc1c(F)cccc1C(=O)NC(C)CC(O)c1ccco1. The van der Waals surface area contributed by atoms with Gasteiger partial charge in [0.05, 0.1) is 18.4 Å². The normalized spacial score (nSPS) is 13.4. The third-order valence-electron chi connectivity index (χ3n) is 3.33. The average molecular weight is 321 g/mol. The van der Waals surface area contributed by atoms with Crippen LogP contribution in [-0.2, 0) is 0 Å². The molecule has 2 aromatic rings. The number of aliphatic hydroxyl groups is 1. The van der Waals surface area contributed by atoms with Crippen LogP contribution >= 0.6 is 0 Å². The number of ether oxygens (including phenoxy) is 1. The smallest absolute Gasteiger partial charge is 0.255 e. The van der Waals surface area contributed by atoms with Crippen LogP contribution in [-0.4, -0.2) is 23.7 Å².